The standard InChI is InChI=1S/C17H16ClN5O2S/c1-11(24)21-14(16-3-2-6-26-16)8-17(25)22-13-7-12(18)4-5-15(13)23-10-19-9-20-23/h2-7,9-10,14H,8H2,1H3,(H,21,24)(H,22,25). The Hall–Kier alpha value is -2.71. The lowest BCUT2D eigenvalue weighted by molar-refractivity contribution is -0.120. The van der Waals surface area contributed by atoms with Crippen LogP contribution in [0.5, 0.6) is 0 Å². The number of rotatable bonds is 6. The molecule has 3 aromatic rings. The smallest absolute Gasteiger partial charge is 0.226 e. The van der Waals surface area contributed by atoms with E-state index in [9.17, 15) is 9.59 Å². The molecule has 2 amide bonds. The number of benzene rings is 1. The highest BCUT2D eigenvalue weighted by Crippen LogP contribution is 2.26. The first-order valence-corrected chi connectivity index (χ1v) is 9.03. The lowest BCUT2D eigenvalue weighted by atomic mass is 10.1. The van der Waals surface area contributed by atoms with E-state index in [2.05, 4.69) is 20.7 Å². The number of aromatic nitrogens is 3. The molecule has 0 aliphatic heterocycles. The molecule has 134 valence electrons. The molecule has 26 heavy (non-hydrogen) atoms. The Balaban J connectivity index is 1.79. The van der Waals surface area contributed by atoms with Crippen molar-refractivity contribution >= 4 is 40.4 Å². The van der Waals surface area contributed by atoms with Crippen LogP contribution >= 0.6 is 22.9 Å². The molecule has 0 fully saturated rings. The van der Waals surface area contributed by atoms with Gasteiger partial charge in [-0.15, -0.1) is 11.3 Å². The molecular weight excluding hydrogens is 374 g/mol. The molecule has 0 bridgehead atoms. The van der Waals surface area contributed by atoms with Gasteiger partial charge in [0.05, 0.1) is 23.8 Å². The van der Waals surface area contributed by atoms with Crippen LogP contribution in [0.3, 0.4) is 0 Å². The van der Waals surface area contributed by atoms with Gasteiger partial charge in [-0.05, 0) is 29.6 Å². The third-order valence-corrected chi connectivity index (χ3v) is 4.77. The zero-order chi connectivity index (χ0) is 18.5. The molecule has 0 aliphatic carbocycles. The normalized spacial score (nSPS) is 11.8. The minimum absolute atomic E-state index is 0.101. The number of hydrogen-bond acceptors (Lipinski definition) is 5. The largest absolute Gasteiger partial charge is 0.348 e. The van der Waals surface area contributed by atoms with Crippen molar-refractivity contribution in [3.05, 3.63) is 58.3 Å². The summed E-state index contributed by atoms with van der Waals surface area (Å²) in [6, 6.07) is 8.49. The van der Waals surface area contributed by atoms with Crippen LogP contribution in [0.25, 0.3) is 5.69 Å². The molecule has 0 aliphatic rings. The van der Waals surface area contributed by atoms with Crippen molar-refractivity contribution < 1.29 is 9.59 Å². The quantitative estimate of drug-likeness (QED) is 0.677. The van der Waals surface area contributed by atoms with Gasteiger partial charge in [-0.3, -0.25) is 9.59 Å². The van der Waals surface area contributed by atoms with Crippen molar-refractivity contribution in [1.29, 1.82) is 0 Å². The van der Waals surface area contributed by atoms with Crippen LogP contribution in [-0.4, -0.2) is 26.6 Å². The minimum Gasteiger partial charge on any atom is -0.348 e. The Labute approximate surface area is 159 Å². The number of nitrogens with zero attached hydrogens (tertiary/aromatic N) is 3. The highest BCUT2D eigenvalue weighted by Gasteiger charge is 2.19. The first-order chi connectivity index (χ1) is 12.5. The van der Waals surface area contributed by atoms with Crippen LogP contribution in [0.15, 0.2) is 48.4 Å². The van der Waals surface area contributed by atoms with Crippen LogP contribution in [0.2, 0.25) is 5.02 Å². The molecule has 0 spiro atoms. The summed E-state index contributed by atoms with van der Waals surface area (Å²) in [6.07, 6.45) is 3.04. The lowest BCUT2D eigenvalue weighted by Gasteiger charge is -2.17. The van der Waals surface area contributed by atoms with Gasteiger partial charge in [0.1, 0.15) is 12.7 Å². The highest BCUT2D eigenvalue weighted by molar-refractivity contribution is 7.10. The predicted octanol–water partition coefficient (Wildman–Crippen LogP) is 3.19. The van der Waals surface area contributed by atoms with E-state index >= 15 is 0 Å². The van der Waals surface area contributed by atoms with Crippen molar-refractivity contribution in [2.24, 2.45) is 0 Å². The van der Waals surface area contributed by atoms with Crippen molar-refractivity contribution in [2.75, 3.05) is 5.32 Å². The molecule has 1 aromatic carbocycles. The fourth-order valence-corrected chi connectivity index (χ4v) is 3.44. The van der Waals surface area contributed by atoms with Crippen molar-refractivity contribution in [3.8, 4) is 5.69 Å². The second kappa shape index (κ2) is 8.11. The molecule has 3 rings (SSSR count). The molecule has 2 heterocycles. The van der Waals surface area contributed by atoms with E-state index in [1.165, 1.54) is 35.6 Å². The number of hydrogen-bond donors (Lipinski definition) is 2. The maximum Gasteiger partial charge on any atom is 0.226 e. The maximum atomic E-state index is 12.6. The van der Waals surface area contributed by atoms with Gasteiger partial charge in [0.25, 0.3) is 0 Å². The third-order valence-electron chi connectivity index (χ3n) is 3.55. The molecule has 9 heteroatoms. The van der Waals surface area contributed by atoms with Crippen LogP contribution in [0.4, 0.5) is 5.69 Å². The number of carbonyl (C=O) groups is 2. The van der Waals surface area contributed by atoms with Gasteiger partial charge in [0, 0.05) is 16.8 Å². The Kier molecular flexibility index (Phi) is 5.65. The predicted molar refractivity (Wildman–Crippen MR) is 100 cm³/mol. The van der Waals surface area contributed by atoms with Gasteiger partial charge in [-0.1, -0.05) is 17.7 Å². The first-order valence-electron chi connectivity index (χ1n) is 7.78. The average Bonchev–Trinajstić information content (AvgIpc) is 3.28. The summed E-state index contributed by atoms with van der Waals surface area (Å²) >= 11 is 7.55. The molecular formula is C17H16ClN5O2S. The van der Waals surface area contributed by atoms with Gasteiger partial charge in [-0.25, -0.2) is 9.67 Å². The van der Waals surface area contributed by atoms with Crippen LogP contribution in [0.1, 0.15) is 24.3 Å². The van der Waals surface area contributed by atoms with Gasteiger partial charge in [0.15, 0.2) is 0 Å². The molecule has 2 aromatic heterocycles. The number of carbonyl (C=O) groups excluding carboxylic acids is 2. The molecule has 0 radical (unpaired) electrons. The summed E-state index contributed by atoms with van der Waals surface area (Å²) in [5, 5.41) is 12.1. The molecule has 0 saturated heterocycles. The zero-order valence-corrected chi connectivity index (χ0v) is 15.4. The second-order valence-corrected chi connectivity index (χ2v) is 6.94. The van der Waals surface area contributed by atoms with E-state index in [4.69, 9.17) is 11.6 Å². The summed E-state index contributed by atoms with van der Waals surface area (Å²) in [6.45, 7) is 1.43. The zero-order valence-electron chi connectivity index (χ0n) is 13.8. The maximum absolute atomic E-state index is 12.6. The third kappa shape index (κ3) is 4.47. The van der Waals surface area contributed by atoms with Crippen molar-refractivity contribution in [1.82, 2.24) is 20.1 Å². The number of nitrogens with one attached hydrogen (secondary N) is 2. The highest BCUT2D eigenvalue weighted by atomic mass is 35.5. The summed E-state index contributed by atoms with van der Waals surface area (Å²) in [7, 11) is 0. The van der Waals surface area contributed by atoms with Crippen molar-refractivity contribution in [3.63, 3.8) is 0 Å². The van der Waals surface area contributed by atoms with E-state index in [1.807, 2.05) is 17.5 Å². The van der Waals surface area contributed by atoms with E-state index in [1.54, 1.807) is 18.2 Å². The molecule has 0 saturated carbocycles. The summed E-state index contributed by atoms with van der Waals surface area (Å²) in [4.78, 5) is 28.9. The fraction of sp³-hybridized carbons (Fsp3) is 0.176. The minimum atomic E-state index is -0.387. The Morgan fingerprint density at radius 3 is 2.85 bits per heavy atom. The Morgan fingerprint density at radius 1 is 1.35 bits per heavy atom. The van der Waals surface area contributed by atoms with Gasteiger partial charge >= 0.3 is 0 Å². The van der Waals surface area contributed by atoms with Gasteiger partial charge < -0.3 is 10.6 Å². The monoisotopic (exact) mass is 389 g/mol. The molecule has 7 nitrogen and oxygen atoms in total. The van der Waals surface area contributed by atoms with E-state index in [0.717, 1.165) is 4.88 Å². The number of amides is 2. The second-order valence-electron chi connectivity index (χ2n) is 5.52. The SMILES string of the molecule is CC(=O)NC(CC(=O)Nc1cc(Cl)ccc1-n1cncn1)c1cccs1. The number of anilines is 1. The summed E-state index contributed by atoms with van der Waals surface area (Å²) < 4.78 is 1.54. The van der Waals surface area contributed by atoms with E-state index in [-0.39, 0.29) is 24.3 Å². The molecule has 2 N–H and O–H groups in total. The topological polar surface area (TPSA) is 88.9 Å². The molecule has 1 unspecified atom stereocenters. The van der Waals surface area contributed by atoms with Crippen molar-refractivity contribution in [2.45, 2.75) is 19.4 Å². The Morgan fingerprint density at radius 2 is 2.19 bits per heavy atom. The number of thiophene rings is 1. The van der Waals surface area contributed by atoms with E-state index < -0.39 is 0 Å². The fourth-order valence-electron chi connectivity index (χ4n) is 2.49. The first kappa shape index (κ1) is 18.1. The summed E-state index contributed by atoms with van der Waals surface area (Å²) in [5.74, 6) is -0.442. The summed E-state index contributed by atoms with van der Waals surface area (Å²) in [5.41, 5.74) is 1.16. The average molecular weight is 390 g/mol. The van der Waals surface area contributed by atoms with Crippen LogP contribution < -0.4 is 10.6 Å². The Bertz CT molecular complexity index is 896. The lowest BCUT2D eigenvalue weighted by Crippen LogP contribution is -2.29. The number of halogens is 1. The molecule has 1 atom stereocenters. The van der Waals surface area contributed by atoms with Gasteiger partial charge in [-0.2, -0.15) is 5.10 Å². The van der Waals surface area contributed by atoms with E-state index in [0.29, 0.717) is 16.4 Å². The van der Waals surface area contributed by atoms with Gasteiger partial charge in [0.2, 0.25) is 11.8 Å². The van der Waals surface area contributed by atoms with Crippen LogP contribution in [-0.2, 0) is 9.59 Å². The van der Waals surface area contributed by atoms with Crippen LogP contribution in [0, 0.1) is 0 Å².